The van der Waals surface area contributed by atoms with Gasteiger partial charge in [0.1, 0.15) is 0 Å². The van der Waals surface area contributed by atoms with E-state index in [1.165, 1.54) is 0 Å². The molecule has 108 valence electrons. The lowest BCUT2D eigenvalue weighted by Crippen LogP contribution is -2.31. The highest BCUT2D eigenvalue weighted by atomic mass is 32.2. The Bertz CT molecular complexity index is 480. The number of aliphatic hydroxyl groups is 1. The number of nitrogens with two attached hydrogens (primary N) is 1. The Balaban J connectivity index is 2.67. The van der Waals surface area contributed by atoms with Crippen LogP contribution in [-0.2, 0) is 16.3 Å². The summed E-state index contributed by atoms with van der Waals surface area (Å²) in [6.45, 7) is 3.62. The zero-order valence-electron chi connectivity index (χ0n) is 11.5. The van der Waals surface area contributed by atoms with Crippen molar-refractivity contribution in [2.24, 2.45) is 5.73 Å². The third-order valence-corrected chi connectivity index (χ3v) is 5.03. The van der Waals surface area contributed by atoms with Crippen LogP contribution in [0.5, 0.6) is 0 Å². The summed E-state index contributed by atoms with van der Waals surface area (Å²) in [5.74, 6) is 0.176. The Hall–Kier alpha value is -0.910. The van der Waals surface area contributed by atoms with Crippen molar-refractivity contribution in [2.75, 3.05) is 5.75 Å². The fourth-order valence-electron chi connectivity index (χ4n) is 1.83. The molecule has 0 aromatic heterocycles. The van der Waals surface area contributed by atoms with Gasteiger partial charge in [0.25, 0.3) is 0 Å². The quantitative estimate of drug-likeness (QED) is 0.796. The third kappa shape index (κ3) is 4.93. The Morgan fingerprint density at radius 1 is 1.26 bits per heavy atom. The summed E-state index contributed by atoms with van der Waals surface area (Å²) in [4.78, 5) is 0.367. The smallest absolute Gasteiger partial charge is 0.178 e. The predicted molar refractivity (Wildman–Crippen MR) is 76.8 cm³/mol. The molecule has 5 heteroatoms. The SMILES string of the molecule is CCCS(=O)(=O)c1ccc(CCC(O)C(C)N)cc1. The van der Waals surface area contributed by atoms with Crippen LogP contribution in [0.4, 0.5) is 0 Å². The van der Waals surface area contributed by atoms with Gasteiger partial charge in [0.15, 0.2) is 9.84 Å². The number of benzene rings is 1. The van der Waals surface area contributed by atoms with Gasteiger partial charge in [-0.3, -0.25) is 0 Å². The topological polar surface area (TPSA) is 80.4 Å². The molecule has 1 rings (SSSR count). The monoisotopic (exact) mass is 285 g/mol. The molecule has 0 fully saturated rings. The van der Waals surface area contributed by atoms with Gasteiger partial charge in [-0.05, 0) is 43.9 Å². The van der Waals surface area contributed by atoms with Gasteiger partial charge in [0.2, 0.25) is 0 Å². The van der Waals surface area contributed by atoms with E-state index in [9.17, 15) is 13.5 Å². The molecule has 2 atom stereocenters. The van der Waals surface area contributed by atoms with Crippen molar-refractivity contribution in [1.82, 2.24) is 0 Å². The maximum absolute atomic E-state index is 11.8. The van der Waals surface area contributed by atoms with Gasteiger partial charge < -0.3 is 10.8 Å². The molecular weight excluding hydrogens is 262 g/mol. The molecule has 0 aliphatic carbocycles. The van der Waals surface area contributed by atoms with E-state index in [0.717, 1.165) is 5.56 Å². The van der Waals surface area contributed by atoms with E-state index in [1.807, 2.05) is 6.92 Å². The number of rotatable bonds is 7. The van der Waals surface area contributed by atoms with E-state index in [2.05, 4.69) is 0 Å². The lowest BCUT2D eigenvalue weighted by Gasteiger charge is -2.14. The van der Waals surface area contributed by atoms with Crippen LogP contribution in [0, 0.1) is 0 Å². The largest absolute Gasteiger partial charge is 0.392 e. The fraction of sp³-hybridized carbons (Fsp3) is 0.571. The first-order valence-corrected chi connectivity index (χ1v) is 8.27. The van der Waals surface area contributed by atoms with Crippen molar-refractivity contribution >= 4 is 9.84 Å². The van der Waals surface area contributed by atoms with Gasteiger partial charge in [0, 0.05) is 6.04 Å². The highest BCUT2D eigenvalue weighted by Crippen LogP contribution is 2.15. The number of sulfone groups is 1. The van der Waals surface area contributed by atoms with Gasteiger partial charge >= 0.3 is 0 Å². The molecule has 0 spiro atoms. The van der Waals surface area contributed by atoms with E-state index < -0.39 is 15.9 Å². The molecule has 0 heterocycles. The molecule has 0 saturated heterocycles. The summed E-state index contributed by atoms with van der Waals surface area (Å²) in [5.41, 5.74) is 6.59. The van der Waals surface area contributed by atoms with Crippen molar-refractivity contribution in [2.45, 2.75) is 50.2 Å². The number of aliphatic hydroxyl groups excluding tert-OH is 1. The molecule has 0 aliphatic heterocycles. The van der Waals surface area contributed by atoms with E-state index in [-0.39, 0.29) is 11.8 Å². The van der Waals surface area contributed by atoms with Crippen LogP contribution < -0.4 is 5.73 Å². The molecule has 0 saturated carbocycles. The zero-order chi connectivity index (χ0) is 14.5. The molecule has 2 unspecified atom stereocenters. The highest BCUT2D eigenvalue weighted by molar-refractivity contribution is 7.91. The van der Waals surface area contributed by atoms with Gasteiger partial charge in [-0.2, -0.15) is 0 Å². The summed E-state index contributed by atoms with van der Waals surface area (Å²) in [6.07, 6.45) is 1.36. The van der Waals surface area contributed by atoms with Gasteiger partial charge in [-0.15, -0.1) is 0 Å². The normalized spacial score (nSPS) is 15.2. The zero-order valence-corrected chi connectivity index (χ0v) is 12.4. The molecule has 1 aromatic carbocycles. The first kappa shape index (κ1) is 16.1. The second-order valence-electron chi connectivity index (χ2n) is 4.93. The Morgan fingerprint density at radius 3 is 2.32 bits per heavy atom. The standard InChI is InChI=1S/C14H23NO3S/c1-3-10-19(17,18)13-7-4-12(5-8-13)6-9-14(16)11(2)15/h4-5,7-8,11,14,16H,3,6,9-10,15H2,1-2H3. The minimum atomic E-state index is -3.14. The minimum Gasteiger partial charge on any atom is -0.392 e. The molecule has 3 N–H and O–H groups in total. The fourth-order valence-corrected chi connectivity index (χ4v) is 3.15. The van der Waals surface area contributed by atoms with E-state index in [0.29, 0.717) is 24.2 Å². The summed E-state index contributed by atoms with van der Waals surface area (Å²) in [6, 6.07) is 6.63. The van der Waals surface area contributed by atoms with Crippen LogP contribution in [0.2, 0.25) is 0 Å². The van der Waals surface area contributed by atoms with E-state index >= 15 is 0 Å². The van der Waals surface area contributed by atoms with Crippen LogP contribution in [0.1, 0.15) is 32.3 Å². The van der Waals surface area contributed by atoms with Gasteiger partial charge in [0.05, 0.1) is 16.8 Å². The molecule has 19 heavy (non-hydrogen) atoms. The third-order valence-electron chi connectivity index (χ3n) is 3.09. The summed E-state index contributed by atoms with van der Waals surface area (Å²) in [7, 11) is -3.14. The molecule has 1 aromatic rings. The maximum Gasteiger partial charge on any atom is 0.178 e. The Labute approximate surface area is 115 Å². The second kappa shape index (κ2) is 7.03. The second-order valence-corrected chi connectivity index (χ2v) is 7.04. The molecule has 0 radical (unpaired) electrons. The van der Waals surface area contributed by atoms with Gasteiger partial charge in [-0.1, -0.05) is 19.1 Å². The van der Waals surface area contributed by atoms with Crippen molar-refractivity contribution in [3.05, 3.63) is 29.8 Å². The molecule has 0 amide bonds. The number of hydrogen-bond acceptors (Lipinski definition) is 4. The van der Waals surface area contributed by atoms with Crippen molar-refractivity contribution in [3.63, 3.8) is 0 Å². The van der Waals surface area contributed by atoms with Crippen LogP contribution in [0.25, 0.3) is 0 Å². The lowest BCUT2D eigenvalue weighted by molar-refractivity contribution is 0.141. The first-order chi connectivity index (χ1) is 8.86. The molecule has 4 nitrogen and oxygen atoms in total. The first-order valence-electron chi connectivity index (χ1n) is 6.62. The van der Waals surface area contributed by atoms with E-state index in [4.69, 9.17) is 5.73 Å². The maximum atomic E-state index is 11.8. The van der Waals surface area contributed by atoms with Crippen LogP contribution >= 0.6 is 0 Å². The van der Waals surface area contributed by atoms with Crippen LogP contribution in [0.3, 0.4) is 0 Å². The highest BCUT2D eigenvalue weighted by Gasteiger charge is 2.13. The van der Waals surface area contributed by atoms with Gasteiger partial charge in [-0.25, -0.2) is 8.42 Å². The molecule has 0 aliphatic rings. The molecular formula is C14H23NO3S. The number of aryl methyl sites for hydroxylation is 1. The van der Waals surface area contributed by atoms with E-state index in [1.54, 1.807) is 31.2 Å². The minimum absolute atomic E-state index is 0.176. The summed E-state index contributed by atoms with van der Waals surface area (Å²) < 4.78 is 23.7. The summed E-state index contributed by atoms with van der Waals surface area (Å²) >= 11 is 0. The van der Waals surface area contributed by atoms with Crippen molar-refractivity contribution in [1.29, 1.82) is 0 Å². The van der Waals surface area contributed by atoms with Crippen LogP contribution in [-0.4, -0.2) is 31.4 Å². The Morgan fingerprint density at radius 2 is 1.84 bits per heavy atom. The predicted octanol–water partition coefficient (Wildman–Crippen LogP) is 1.51. The average molecular weight is 285 g/mol. The van der Waals surface area contributed by atoms with Crippen molar-refractivity contribution < 1.29 is 13.5 Å². The Kier molecular flexibility index (Phi) is 5.97. The van der Waals surface area contributed by atoms with Crippen LogP contribution in [0.15, 0.2) is 29.2 Å². The average Bonchev–Trinajstić information content (AvgIpc) is 2.36. The summed E-state index contributed by atoms with van der Waals surface area (Å²) in [5, 5.41) is 9.62. The number of hydrogen-bond donors (Lipinski definition) is 2. The lowest BCUT2D eigenvalue weighted by atomic mass is 10.0. The van der Waals surface area contributed by atoms with Crippen molar-refractivity contribution in [3.8, 4) is 0 Å². The molecule has 0 bridgehead atoms.